The Morgan fingerprint density at radius 3 is 2.81 bits per heavy atom. The summed E-state index contributed by atoms with van der Waals surface area (Å²) in [5, 5.41) is 7.07. The van der Waals surface area contributed by atoms with Crippen molar-refractivity contribution < 1.29 is 4.79 Å². The lowest BCUT2D eigenvalue weighted by atomic mass is 10.2. The molecule has 4 rings (SSSR count). The predicted molar refractivity (Wildman–Crippen MR) is 103 cm³/mol. The van der Waals surface area contributed by atoms with Gasteiger partial charge in [0, 0.05) is 36.3 Å². The molecule has 1 atom stereocenters. The summed E-state index contributed by atoms with van der Waals surface area (Å²) >= 11 is 1.48. The van der Waals surface area contributed by atoms with Gasteiger partial charge in [-0.1, -0.05) is 18.2 Å². The van der Waals surface area contributed by atoms with Crippen LogP contribution in [-0.2, 0) is 0 Å². The molecule has 0 spiro atoms. The van der Waals surface area contributed by atoms with Crippen LogP contribution in [0.25, 0.3) is 16.3 Å². The minimum atomic E-state index is 0.0206. The minimum absolute atomic E-state index is 0.0206. The highest BCUT2D eigenvalue weighted by atomic mass is 32.1. The second-order valence-corrected chi connectivity index (χ2v) is 7.56. The van der Waals surface area contributed by atoms with Gasteiger partial charge < -0.3 is 9.80 Å². The Balaban J connectivity index is 1.50. The Kier molecular flexibility index (Phi) is 4.57. The summed E-state index contributed by atoms with van der Waals surface area (Å²) in [4.78, 5) is 21.4. The molecule has 1 aliphatic heterocycles. The van der Waals surface area contributed by atoms with Gasteiger partial charge in [0.25, 0.3) is 5.91 Å². The van der Waals surface area contributed by atoms with Gasteiger partial charge in [-0.25, -0.2) is 9.67 Å². The van der Waals surface area contributed by atoms with Gasteiger partial charge in [-0.05, 0) is 32.6 Å². The third-order valence-electron chi connectivity index (χ3n) is 4.75. The van der Waals surface area contributed by atoms with Gasteiger partial charge in [0.05, 0.1) is 11.9 Å². The second-order valence-electron chi connectivity index (χ2n) is 6.70. The molecule has 7 heteroatoms. The average Bonchev–Trinajstić information content (AvgIpc) is 3.41. The standard InChI is InChI=1S/C19H21N5OS/c1-22(2)16-8-9-23(12-16)19(25)17-13-26-18(21-17)14-10-20-24(11-14)15-6-4-3-5-7-15/h3-7,10-11,13,16H,8-9,12H2,1-2H3. The number of likely N-dealkylation sites (N-methyl/N-ethyl adjacent to an activating group) is 1. The number of hydrogen-bond donors (Lipinski definition) is 0. The smallest absolute Gasteiger partial charge is 0.273 e. The molecule has 1 unspecified atom stereocenters. The van der Waals surface area contributed by atoms with Gasteiger partial charge in [0.2, 0.25) is 0 Å². The number of carbonyl (C=O) groups is 1. The first-order chi connectivity index (χ1) is 12.6. The number of rotatable bonds is 4. The van der Waals surface area contributed by atoms with Crippen molar-refractivity contribution in [2.45, 2.75) is 12.5 Å². The number of hydrogen-bond acceptors (Lipinski definition) is 5. The number of nitrogens with zero attached hydrogens (tertiary/aromatic N) is 5. The quantitative estimate of drug-likeness (QED) is 0.712. The molecule has 3 aromatic rings. The van der Waals surface area contributed by atoms with E-state index in [2.05, 4.69) is 29.1 Å². The Morgan fingerprint density at radius 2 is 2.08 bits per heavy atom. The SMILES string of the molecule is CN(C)C1CCN(C(=O)c2csc(-c3cnn(-c4ccccc4)c3)n2)C1. The van der Waals surface area contributed by atoms with Crippen molar-refractivity contribution in [2.75, 3.05) is 27.2 Å². The van der Waals surface area contributed by atoms with Crippen molar-refractivity contribution in [1.82, 2.24) is 24.6 Å². The zero-order valence-corrected chi connectivity index (χ0v) is 15.7. The minimum Gasteiger partial charge on any atom is -0.336 e. The zero-order chi connectivity index (χ0) is 18.1. The van der Waals surface area contributed by atoms with Crippen LogP contribution >= 0.6 is 11.3 Å². The van der Waals surface area contributed by atoms with Crippen LogP contribution in [-0.4, -0.2) is 63.7 Å². The van der Waals surface area contributed by atoms with Gasteiger partial charge in [0.15, 0.2) is 0 Å². The first kappa shape index (κ1) is 16.9. The summed E-state index contributed by atoms with van der Waals surface area (Å²) in [5.74, 6) is 0.0206. The molecule has 1 fully saturated rings. The van der Waals surface area contributed by atoms with Gasteiger partial charge in [-0.15, -0.1) is 11.3 Å². The molecular weight excluding hydrogens is 346 g/mol. The topological polar surface area (TPSA) is 54.3 Å². The molecule has 0 bridgehead atoms. The van der Waals surface area contributed by atoms with E-state index in [-0.39, 0.29) is 5.91 Å². The van der Waals surface area contributed by atoms with Crippen molar-refractivity contribution in [3.63, 3.8) is 0 Å². The average molecular weight is 367 g/mol. The fourth-order valence-corrected chi connectivity index (χ4v) is 3.94. The summed E-state index contributed by atoms with van der Waals surface area (Å²) < 4.78 is 1.82. The molecule has 1 saturated heterocycles. The molecule has 0 radical (unpaired) electrons. The third-order valence-corrected chi connectivity index (χ3v) is 5.65. The molecule has 0 saturated carbocycles. The van der Waals surface area contributed by atoms with Crippen LogP contribution in [0.5, 0.6) is 0 Å². The first-order valence-corrected chi connectivity index (χ1v) is 9.51. The summed E-state index contributed by atoms with van der Waals surface area (Å²) in [5.41, 5.74) is 2.45. The monoisotopic (exact) mass is 367 g/mol. The van der Waals surface area contributed by atoms with Gasteiger partial charge >= 0.3 is 0 Å². The van der Waals surface area contributed by atoms with Crippen molar-refractivity contribution in [1.29, 1.82) is 0 Å². The van der Waals surface area contributed by atoms with E-state index in [4.69, 9.17) is 0 Å². The number of benzene rings is 1. The normalized spacial score (nSPS) is 17.2. The van der Waals surface area contributed by atoms with E-state index in [9.17, 15) is 4.79 Å². The van der Waals surface area contributed by atoms with E-state index in [1.165, 1.54) is 11.3 Å². The van der Waals surface area contributed by atoms with E-state index >= 15 is 0 Å². The number of thiazole rings is 1. The van der Waals surface area contributed by atoms with Crippen molar-refractivity contribution in [3.8, 4) is 16.3 Å². The van der Waals surface area contributed by atoms with E-state index in [1.54, 1.807) is 6.20 Å². The van der Waals surface area contributed by atoms with Crippen molar-refractivity contribution in [2.24, 2.45) is 0 Å². The first-order valence-electron chi connectivity index (χ1n) is 8.63. The predicted octanol–water partition coefficient (Wildman–Crippen LogP) is 2.77. The van der Waals surface area contributed by atoms with E-state index in [1.807, 2.05) is 51.5 Å². The summed E-state index contributed by atoms with van der Waals surface area (Å²) in [7, 11) is 4.12. The highest BCUT2D eigenvalue weighted by Crippen LogP contribution is 2.25. The van der Waals surface area contributed by atoms with Crippen LogP contribution in [0.3, 0.4) is 0 Å². The molecule has 134 valence electrons. The fraction of sp³-hybridized carbons (Fsp3) is 0.316. The number of amides is 1. The maximum atomic E-state index is 12.7. The molecule has 1 amide bonds. The Bertz CT molecular complexity index is 902. The second kappa shape index (κ2) is 7.01. The highest BCUT2D eigenvalue weighted by Gasteiger charge is 2.29. The number of carbonyl (C=O) groups excluding carboxylic acids is 1. The number of para-hydroxylation sites is 1. The highest BCUT2D eigenvalue weighted by molar-refractivity contribution is 7.13. The van der Waals surface area contributed by atoms with Crippen LogP contribution in [0.1, 0.15) is 16.9 Å². The van der Waals surface area contributed by atoms with Gasteiger partial charge in [0.1, 0.15) is 10.7 Å². The molecule has 6 nitrogen and oxygen atoms in total. The molecule has 1 aromatic carbocycles. The van der Waals surface area contributed by atoms with Crippen molar-refractivity contribution >= 4 is 17.2 Å². The van der Waals surface area contributed by atoms with Gasteiger partial charge in [-0.3, -0.25) is 4.79 Å². The molecule has 1 aliphatic rings. The van der Waals surface area contributed by atoms with Crippen LogP contribution < -0.4 is 0 Å². The fourth-order valence-electron chi connectivity index (χ4n) is 3.17. The van der Waals surface area contributed by atoms with Crippen LogP contribution in [0.4, 0.5) is 0 Å². The lowest BCUT2D eigenvalue weighted by molar-refractivity contribution is 0.0778. The zero-order valence-electron chi connectivity index (χ0n) is 14.9. The van der Waals surface area contributed by atoms with E-state index in [0.717, 1.165) is 35.8 Å². The summed E-state index contributed by atoms with van der Waals surface area (Å²) in [6, 6.07) is 10.4. The van der Waals surface area contributed by atoms with Crippen LogP contribution in [0.15, 0.2) is 48.1 Å². The van der Waals surface area contributed by atoms with Crippen LogP contribution in [0, 0.1) is 0 Å². The van der Waals surface area contributed by atoms with Crippen molar-refractivity contribution in [3.05, 3.63) is 53.8 Å². The Labute approximate surface area is 156 Å². The molecule has 0 N–H and O–H groups in total. The van der Waals surface area contributed by atoms with Gasteiger partial charge in [-0.2, -0.15) is 5.10 Å². The molecular formula is C19H21N5OS. The Morgan fingerprint density at radius 1 is 1.27 bits per heavy atom. The largest absolute Gasteiger partial charge is 0.336 e. The molecule has 0 aliphatic carbocycles. The lowest BCUT2D eigenvalue weighted by Gasteiger charge is -2.19. The summed E-state index contributed by atoms with van der Waals surface area (Å²) in [6.07, 6.45) is 4.75. The molecule has 3 heterocycles. The molecule has 26 heavy (non-hydrogen) atoms. The van der Waals surface area contributed by atoms with E-state index in [0.29, 0.717) is 11.7 Å². The lowest BCUT2D eigenvalue weighted by Crippen LogP contribution is -2.34. The molecule has 2 aromatic heterocycles. The van der Waals surface area contributed by atoms with E-state index < -0.39 is 0 Å². The summed E-state index contributed by atoms with van der Waals surface area (Å²) in [6.45, 7) is 1.56. The van der Waals surface area contributed by atoms with Crippen LogP contribution in [0.2, 0.25) is 0 Å². The number of aromatic nitrogens is 3. The number of likely N-dealkylation sites (tertiary alicyclic amines) is 1. The Hall–Kier alpha value is -2.51. The maximum Gasteiger partial charge on any atom is 0.273 e. The maximum absolute atomic E-state index is 12.7. The third kappa shape index (κ3) is 3.27.